The van der Waals surface area contributed by atoms with Crippen LogP contribution in [0.5, 0.6) is 5.75 Å². The van der Waals surface area contributed by atoms with Gasteiger partial charge < -0.3 is 14.6 Å². The number of sulfonamides is 1. The molecule has 180 valence electrons. The molecular weight excluding hydrogens is 474 g/mol. The molecule has 1 aliphatic rings. The first kappa shape index (κ1) is 24.2. The lowest BCUT2D eigenvalue weighted by molar-refractivity contribution is -0.126. The average Bonchev–Trinajstić information content (AvgIpc) is 3.51. The minimum Gasteiger partial charge on any atom is -0.497 e. The number of ether oxygens (including phenoxy) is 1. The van der Waals surface area contributed by atoms with Crippen LogP contribution in [0.4, 0.5) is 0 Å². The average molecular weight is 502 g/mol. The van der Waals surface area contributed by atoms with Gasteiger partial charge in [0.05, 0.1) is 7.11 Å². The summed E-state index contributed by atoms with van der Waals surface area (Å²) in [5.41, 5.74) is 1.30. The number of thiophene rings is 1. The fourth-order valence-electron chi connectivity index (χ4n) is 3.91. The van der Waals surface area contributed by atoms with E-state index in [2.05, 4.69) is 10.5 Å². The monoisotopic (exact) mass is 501 g/mol. The molecule has 0 spiro atoms. The molecule has 0 bridgehead atoms. The van der Waals surface area contributed by atoms with Crippen LogP contribution < -0.4 is 10.1 Å². The molecule has 1 saturated heterocycles. The number of aryl methyl sites for hydroxylation is 1. The molecule has 1 fully saturated rings. The van der Waals surface area contributed by atoms with Crippen LogP contribution in [-0.2, 0) is 21.4 Å². The van der Waals surface area contributed by atoms with E-state index in [1.54, 1.807) is 31.4 Å². The van der Waals surface area contributed by atoms with Crippen LogP contribution in [0.25, 0.3) is 12.2 Å². The van der Waals surface area contributed by atoms with Crippen LogP contribution in [0.3, 0.4) is 0 Å². The third kappa shape index (κ3) is 5.40. The lowest BCUT2D eigenvalue weighted by atomic mass is 9.97. The van der Waals surface area contributed by atoms with Gasteiger partial charge in [-0.15, -0.1) is 11.3 Å². The number of aromatic nitrogens is 1. The summed E-state index contributed by atoms with van der Waals surface area (Å²) in [6.45, 7) is 2.57. The highest BCUT2D eigenvalue weighted by molar-refractivity contribution is 7.89. The fraction of sp³-hybridized carbons (Fsp3) is 0.333. The largest absolute Gasteiger partial charge is 0.497 e. The Balaban J connectivity index is 1.37. The predicted molar refractivity (Wildman–Crippen MR) is 131 cm³/mol. The van der Waals surface area contributed by atoms with Crippen LogP contribution in [0, 0.1) is 12.8 Å². The number of nitrogens with zero attached hydrogens (tertiary/aromatic N) is 2. The second kappa shape index (κ2) is 10.5. The Hall–Kier alpha value is -2.95. The molecule has 2 aromatic heterocycles. The number of piperidine rings is 1. The molecule has 0 atom stereocenters. The standard InChI is InChI=1S/C24H27N3O5S2/c1-17-23(22(32-26-17)10-9-21-4-3-15-33-21)34(29,30)27-13-11-19(12-14-27)24(28)25-16-18-5-7-20(31-2)8-6-18/h3-10,15,19H,11-14,16H2,1-2H3,(H,25,28). The molecule has 0 saturated carbocycles. The Morgan fingerprint density at radius 2 is 1.97 bits per heavy atom. The maximum Gasteiger partial charge on any atom is 0.248 e. The summed E-state index contributed by atoms with van der Waals surface area (Å²) in [5.74, 6) is 0.683. The lowest BCUT2D eigenvalue weighted by Crippen LogP contribution is -2.43. The molecule has 34 heavy (non-hydrogen) atoms. The zero-order valence-corrected chi connectivity index (χ0v) is 20.7. The summed E-state index contributed by atoms with van der Waals surface area (Å²) in [6, 6.07) is 11.4. The highest BCUT2D eigenvalue weighted by atomic mass is 32.2. The Kier molecular flexibility index (Phi) is 7.50. The number of amides is 1. The molecule has 1 aliphatic heterocycles. The summed E-state index contributed by atoms with van der Waals surface area (Å²) >= 11 is 1.55. The molecule has 1 amide bonds. The molecule has 0 unspecified atom stereocenters. The van der Waals surface area contributed by atoms with E-state index in [9.17, 15) is 13.2 Å². The van der Waals surface area contributed by atoms with Crippen molar-refractivity contribution < 1.29 is 22.5 Å². The summed E-state index contributed by atoms with van der Waals surface area (Å²) in [4.78, 5) is 13.7. The molecule has 0 aliphatic carbocycles. The van der Waals surface area contributed by atoms with Gasteiger partial charge in [-0.2, -0.15) is 4.31 Å². The first-order valence-corrected chi connectivity index (χ1v) is 13.3. The molecule has 1 N–H and O–H groups in total. The SMILES string of the molecule is COc1ccc(CNC(=O)C2CCN(S(=O)(=O)c3c(C)noc3C=Cc3cccs3)CC2)cc1. The van der Waals surface area contributed by atoms with Crippen molar-refractivity contribution in [2.75, 3.05) is 20.2 Å². The van der Waals surface area contributed by atoms with Gasteiger partial charge >= 0.3 is 0 Å². The van der Waals surface area contributed by atoms with E-state index < -0.39 is 10.0 Å². The number of nitrogens with one attached hydrogen (secondary N) is 1. The smallest absolute Gasteiger partial charge is 0.248 e. The van der Waals surface area contributed by atoms with Gasteiger partial charge in [-0.25, -0.2) is 8.42 Å². The van der Waals surface area contributed by atoms with Crippen molar-refractivity contribution in [3.63, 3.8) is 0 Å². The maximum atomic E-state index is 13.4. The van der Waals surface area contributed by atoms with Gasteiger partial charge in [-0.05, 0) is 61.1 Å². The third-order valence-electron chi connectivity index (χ3n) is 5.82. The fourth-order valence-corrected chi connectivity index (χ4v) is 6.24. The molecular formula is C24H27N3O5S2. The normalized spacial score (nSPS) is 15.6. The molecule has 10 heteroatoms. The number of rotatable bonds is 8. The van der Waals surface area contributed by atoms with E-state index in [1.807, 2.05) is 47.9 Å². The van der Waals surface area contributed by atoms with Gasteiger partial charge in [0.15, 0.2) is 10.7 Å². The van der Waals surface area contributed by atoms with Gasteiger partial charge in [0.2, 0.25) is 15.9 Å². The van der Waals surface area contributed by atoms with Gasteiger partial charge in [0.1, 0.15) is 11.4 Å². The van der Waals surface area contributed by atoms with Crippen molar-refractivity contribution >= 4 is 39.4 Å². The minimum absolute atomic E-state index is 0.0615. The van der Waals surface area contributed by atoms with Crippen LogP contribution in [0.2, 0.25) is 0 Å². The van der Waals surface area contributed by atoms with Gasteiger partial charge in [0, 0.05) is 30.4 Å². The van der Waals surface area contributed by atoms with Crippen molar-refractivity contribution in [2.24, 2.45) is 5.92 Å². The summed E-state index contributed by atoms with van der Waals surface area (Å²) < 4.78 is 38.6. The van der Waals surface area contributed by atoms with Gasteiger partial charge in [-0.1, -0.05) is 23.4 Å². The van der Waals surface area contributed by atoms with E-state index in [0.717, 1.165) is 16.2 Å². The van der Waals surface area contributed by atoms with E-state index in [-0.39, 0.29) is 35.6 Å². The molecule has 1 aromatic carbocycles. The number of benzene rings is 1. The number of hydrogen-bond acceptors (Lipinski definition) is 7. The second-order valence-corrected chi connectivity index (χ2v) is 10.9. The molecule has 8 nitrogen and oxygen atoms in total. The third-order valence-corrected chi connectivity index (χ3v) is 8.72. The highest BCUT2D eigenvalue weighted by Crippen LogP contribution is 2.29. The van der Waals surface area contributed by atoms with E-state index in [1.165, 1.54) is 4.31 Å². The van der Waals surface area contributed by atoms with E-state index in [4.69, 9.17) is 9.26 Å². The zero-order chi connectivity index (χ0) is 24.1. The van der Waals surface area contributed by atoms with E-state index >= 15 is 0 Å². The van der Waals surface area contributed by atoms with Gasteiger partial charge in [-0.3, -0.25) is 4.79 Å². The van der Waals surface area contributed by atoms with Crippen LogP contribution in [0.15, 0.2) is 51.2 Å². The van der Waals surface area contributed by atoms with Crippen molar-refractivity contribution in [3.8, 4) is 5.75 Å². The van der Waals surface area contributed by atoms with Crippen molar-refractivity contribution in [1.29, 1.82) is 0 Å². The highest BCUT2D eigenvalue weighted by Gasteiger charge is 2.35. The van der Waals surface area contributed by atoms with E-state index in [0.29, 0.717) is 25.1 Å². The second-order valence-electron chi connectivity index (χ2n) is 8.05. The van der Waals surface area contributed by atoms with Crippen LogP contribution >= 0.6 is 11.3 Å². The van der Waals surface area contributed by atoms with Crippen LogP contribution in [0.1, 0.15) is 34.7 Å². The number of carbonyl (C=O) groups excluding carboxylic acids is 1. The van der Waals surface area contributed by atoms with Gasteiger partial charge in [0.25, 0.3) is 0 Å². The summed E-state index contributed by atoms with van der Waals surface area (Å²) in [5, 5.41) is 8.78. The molecule has 3 heterocycles. The van der Waals surface area contributed by atoms with Crippen molar-refractivity contribution in [1.82, 2.24) is 14.8 Å². The summed E-state index contributed by atoms with van der Waals surface area (Å²) in [7, 11) is -2.19. The van der Waals surface area contributed by atoms with Crippen molar-refractivity contribution in [3.05, 3.63) is 63.7 Å². The van der Waals surface area contributed by atoms with Crippen molar-refractivity contribution in [2.45, 2.75) is 31.2 Å². The summed E-state index contributed by atoms with van der Waals surface area (Å²) in [6.07, 6.45) is 4.36. The Morgan fingerprint density at radius 3 is 2.62 bits per heavy atom. The van der Waals surface area contributed by atoms with Crippen LogP contribution in [-0.4, -0.2) is 44.0 Å². The molecule has 4 rings (SSSR count). The Bertz CT molecular complexity index is 1240. The first-order valence-electron chi connectivity index (χ1n) is 11.0. The Labute approximate surface area is 203 Å². The first-order chi connectivity index (χ1) is 16.4. The maximum absolute atomic E-state index is 13.4. The molecule has 0 radical (unpaired) electrons. The zero-order valence-electron chi connectivity index (χ0n) is 19.1. The Morgan fingerprint density at radius 1 is 1.24 bits per heavy atom. The minimum atomic E-state index is -3.80. The topological polar surface area (TPSA) is 102 Å². The predicted octanol–water partition coefficient (Wildman–Crippen LogP) is 3.94. The number of carbonyl (C=O) groups is 1. The number of hydrogen-bond donors (Lipinski definition) is 1. The lowest BCUT2D eigenvalue weighted by Gasteiger charge is -2.30. The quantitative estimate of drug-likeness (QED) is 0.502. The number of methoxy groups -OCH3 is 1. The molecule has 3 aromatic rings.